The van der Waals surface area contributed by atoms with E-state index in [0.29, 0.717) is 5.92 Å². The van der Waals surface area contributed by atoms with Gasteiger partial charge >= 0.3 is 0 Å². The SMILES string of the molecule is CC(C)c1cncc2ncsc12. The fourth-order valence-corrected chi connectivity index (χ4v) is 2.14. The zero-order chi connectivity index (χ0) is 8.55. The third-order valence-corrected chi connectivity index (χ3v) is 2.78. The summed E-state index contributed by atoms with van der Waals surface area (Å²) in [4.78, 5) is 8.37. The monoisotopic (exact) mass is 178 g/mol. The van der Waals surface area contributed by atoms with Crippen LogP contribution in [0.1, 0.15) is 25.3 Å². The number of aromatic nitrogens is 2. The number of nitrogens with zero attached hydrogens (tertiary/aromatic N) is 2. The van der Waals surface area contributed by atoms with Gasteiger partial charge in [0.05, 0.1) is 21.9 Å². The highest BCUT2D eigenvalue weighted by Gasteiger charge is 2.06. The second-order valence-corrected chi connectivity index (χ2v) is 3.94. The number of thiazole rings is 1. The van der Waals surface area contributed by atoms with E-state index in [0.717, 1.165) is 5.52 Å². The van der Waals surface area contributed by atoms with E-state index in [1.165, 1.54) is 10.3 Å². The topological polar surface area (TPSA) is 25.8 Å². The zero-order valence-corrected chi connectivity index (χ0v) is 7.93. The molecule has 0 aliphatic carbocycles. The van der Waals surface area contributed by atoms with Gasteiger partial charge in [-0.2, -0.15) is 0 Å². The number of hydrogen-bond acceptors (Lipinski definition) is 3. The Hall–Kier alpha value is -0.960. The lowest BCUT2D eigenvalue weighted by atomic mass is 10.1. The highest BCUT2D eigenvalue weighted by Crippen LogP contribution is 2.26. The first-order valence-electron chi connectivity index (χ1n) is 3.96. The van der Waals surface area contributed by atoms with E-state index in [2.05, 4.69) is 23.8 Å². The lowest BCUT2D eigenvalue weighted by Crippen LogP contribution is -1.88. The summed E-state index contributed by atoms with van der Waals surface area (Å²) in [7, 11) is 0. The summed E-state index contributed by atoms with van der Waals surface area (Å²) >= 11 is 1.69. The summed E-state index contributed by atoms with van der Waals surface area (Å²) in [6, 6.07) is 0. The molecule has 2 heterocycles. The highest BCUT2D eigenvalue weighted by molar-refractivity contribution is 7.16. The second-order valence-electron chi connectivity index (χ2n) is 3.08. The molecule has 0 aromatic carbocycles. The molecule has 0 N–H and O–H groups in total. The molecular formula is C9H10N2S. The van der Waals surface area contributed by atoms with Crippen LogP contribution in [-0.2, 0) is 0 Å². The van der Waals surface area contributed by atoms with Gasteiger partial charge in [-0.1, -0.05) is 13.8 Å². The average molecular weight is 178 g/mol. The van der Waals surface area contributed by atoms with Crippen molar-refractivity contribution in [2.45, 2.75) is 19.8 Å². The highest BCUT2D eigenvalue weighted by atomic mass is 32.1. The van der Waals surface area contributed by atoms with Crippen molar-refractivity contribution in [3.05, 3.63) is 23.5 Å². The Morgan fingerprint density at radius 3 is 2.92 bits per heavy atom. The summed E-state index contributed by atoms with van der Waals surface area (Å²) < 4.78 is 1.28. The lowest BCUT2D eigenvalue weighted by molar-refractivity contribution is 0.870. The fraction of sp³-hybridized carbons (Fsp3) is 0.333. The number of hydrogen-bond donors (Lipinski definition) is 0. The maximum Gasteiger partial charge on any atom is 0.0997 e. The maximum atomic E-state index is 4.22. The molecule has 12 heavy (non-hydrogen) atoms. The maximum absolute atomic E-state index is 4.22. The van der Waals surface area contributed by atoms with Crippen LogP contribution in [0.3, 0.4) is 0 Å². The van der Waals surface area contributed by atoms with Crippen LogP contribution in [0, 0.1) is 0 Å². The van der Waals surface area contributed by atoms with Crippen LogP contribution in [0.2, 0.25) is 0 Å². The average Bonchev–Trinajstić information content (AvgIpc) is 2.49. The normalized spacial score (nSPS) is 11.2. The molecule has 0 unspecified atom stereocenters. The molecule has 0 amide bonds. The lowest BCUT2D eigenvalue weighted by Gasteiger charge is -2.03. The molecular weight excluding hydrogens is 168 g/mol. The number of pyridine rings is 1. The van der Waals surface area contributed by atoms with Gasteiger partial charge < -0.3 is 0 Å². The minimum atomic E-state index is 0.529. The van der Waals surface area contributed by atoms with Gasteiger partial charge in [0.1, 0.15) is 0 Å². The van der Waals surface area contributed by atoms with E-state index < -0.39 is 0 Å². The second kappa shape index (κ2) is 2.83. The third kappa shape index (κ3) is 1.10. The molecule has 2 aromatic heterocycles. The molecule has 2 aromatic rings. The van der Waals surface area contributed by atoms with E-state index in [1.807, 2.05) is 17.9 Å². The molecule has 3 heteroatoms. The van der Waals surface area contributed by atoms with Crippen molar-refractivity contribution in [2.75, 3.05) is 0 Å². The summed E-state index contributed by atoms with van der Waals surface area (Å²) in [5.41, 5.74) is 4.19. The van der Waals surface area contributed by atoms with E-state index >= 15 is 0 Å². The predicted octanol–water partition coefficient (Wildman–Crippen LogP) is 2.81. The molecule has 0 bridgehead atoms. The van der Waals surface area contributed by atoms with Gasteiger partial charge in [-0.25, -0.2) is 4.98 Å². The molecule has 0 saturated heterocycles. The molecule has 0 saturated carbocycles. The minimum absolute atomic E-state index is 0.529. The van der Waals surface area contributed by atoms with Gasteiger partial charge in [-0.05, 0) is 11.5 Å². The van der Waals surface area contributed by atoms with E-state index in [1.54, 1.807) is 11.3 Å². The van der Waals surface area contributed by atoms with Crippen molar-refractivity contribution < 1.29 is 0 Å². The van der Waals surface area contributed by atoms with Crippen LogP contribution in [0.25, 0.3) is 10.2 Å². The van der Waals surface area contributed by atoms with Crippen LogP contribution in [0.15, 0.2) is 17.9 Å². The van der Waals surface area contributed by atoms with Crippen molar-refractivity contribution >= 4 is 21.6 Å². The fourth-order valence-electron chi connectivity index (χ4n) is 1.22. The summed E-state index contributed by atoms with van der Waals surface area (Å²) in [6.45, 7) is 4.35. The van der Waals surface area contributed by atoms with Gasteiger partial charge in [-0.15, -0.1) is 11.3 Å². The Bertz CT molecular complexity index is 392. The quantitative estimate of drug-likeness (QED) is 0.671. The zero-order valence-electron chi connectivity index (χ0n) is 7.11. The molecule has 0 atom stereocenters. The van der Waals surface area contributed by atoms with Crippen molar-refractivity contribution in [3.63, 3.8) is 0 Å². The van der Waals surface area contributed by atoms with Crippen LogP contribution in [0.5, 0.6) is 0 Å². The van der Waals surface area contributed by atoms with Crippen LogP contribution >= 0.6 is 11.3 Å². The molecule has 0 aliphatic rings. The number of rotatable bonds is 1. The van der Waals surface area contributed by atoms with Crippen LogP contribution < -0.4 is 0 Å². The van der Waals surface area contributed by atoms with Crippen molar-refractivity contribution in [3.8, 4) is 0 Å². The molecule has 0 aliphatic heterocycles. The summed E-state index contributed by atoms with van der Waals surface area (Å²) in [5, 5.41) is 0. The van der Waals surface area contributed by atoms with E-state index in [9.17, 15) is 0 Å². The van der Waals surface area contributed by atoms with Crippen molar-refractivity contribution in [2.24, 2.45) is 0 Å². The third-order valence-electron chi connectivity index (χ3n) is 1.89. The first kappa shape index (κ1) is 7.68. The number of fused-ring (bicyclic) bond motifs is 1. The first-order chi connectivity index (χ1) is 5.79. The van der Waals surface area contributed by atoms with Crippen molar-refractivity contribution in [1.29, 1.82) is 0 Å². The standard InChI is InChI=1S/C9H10N2S/c1-6(2)7-3-10-4-8-9(7)12-5-11-8/h3-6H,1-2H3. The Balaban J connectivity index is 2.73. The Kier molecular flexibility index (Phi) is 1.81. The Morgan fingerprint density at radius 2 is 2.17 bits per heavy atom. The minimum Gasteiger partial charge on any atom is -0.262 e. The smallest absolute Gasteiger partial charge is 0.0997 e. The van der Waals surface area contributed by atoms with Gasteiger partial charge in [0.25, 0.3) is 0 Å². The van der Waals surface area contributed by atoms with Gasteiger partial charge in [0.2, 0.25) is 0 Å². The van der Waals surface area contributed by atoms with Crippen LogP contribution in [-0.4, -0.2) is 9.97 Å². The van der Waals surface area contributed by atoms with E-state index in [-0.39, 0.29) is 0 Å². The molecule has 0 radical (unpaired) electrons. The molecule has 2 rings (SSSR count). The predicted molar refractivity (Wildman–Crippen MR) is 51.5 cm³/mol. The molecule has 2 nitrogen and oxygen atoms in total. The van der Waals surface area contributed by atoms with Crippen molar-refractivity contribution in [1.82, 2.24) is 9.97 Å². The van der Waals surface area contributed by atoms with E-state index in [4.69, 9.17) is 0 Å². The summed E-state index contributed by atoms with van der Waals surface area (Å²) in [6.07, 6.45) is 3.75. The van der Waals surface area contributed by atoms with Gasteiger partial charge in [0.15, 0.2) is 0 Å². The molecule has 62 valence electrons. The summed E-state index contributed by atoms with van der Waals surface area (Å²) in [5.74, 6) is 0.529. The Labute approximate surface area is 75.3 Å². The molecule has 0 spiro atoms. The molecule has 0 fully saturated rings. The largest absolute Gasteiger partial charge is 0.262 e. The Morgan fingerprint density at radius 1 is 1.33 bits per heavy atom. The van der Waals surface area contributed by atoms with Gasteiger partial charge in [0, 0.05) is 6.20 Å². The van der Waals surface area contributed by atoms with Crippen LogP contribution in [0.4, 0.5) is 0 Å². The van der Waals surface area contributed by atoms with Gasteiger partial charge in [-0.3, -0.25) is 4.98 Å². The first-order valence-corrected chi connectivity index (χ1v) is 4.84.